The Kier molecular flexibility index (Phi) is 5.44. The van der Waals surface area contributed by atoms with Gasteiger partial charge in [-0.25, -0.2) is 9.97 Å². The SMILES string of the molecule is COc1ccccc1NC(=O)c1cnc(Nc2ccc(C(F)(F)F)cc2)cn1. The fourth-order valence-electron chi connectivity index (χ4n) is 2.33. The van der Waals surface area contributed by atoms with Crippen LogP contribution in [0, 0.1) is 0 Å². The number of para-hydroxylation sites is 2. The molecular weight excluding hydrogens is 373 g/mol. The van der Waals surface area contributed by atoms with Crippen molar-refractivity contribution in [3.63, 3.8) is 0 Å². The van der Waals surface area contributed by atoms with Gasteiger partial charge in [-0.1, -0.05) is 12.1 Å². The lowest BCUT2D eigenvalue weighted by atomic mass is 10.2. The lowest BCUT2D eigenvalue weighted by Gasteiger charge is -2.10. The minimum absolute atomic E-state index is 0.0730. The highest BCUT2D eigenvalue weighted by molar-refractivity contribution is 6.03. The zero-order valence-electron chi connectivity index (χ0n) is 14.6. The fourth-order valence-corrected chi connectivity index (χ4v) is 2.33. The van der Waals surface area contributed by atoms with Crippen LogP contribution in [0.15, 0.2) is 60.9 Å². The summed E-state index contributed by atoms with van der Waals surface area (Å²) < 4.78 is 42.9. The minimum atomic E-state index is -4.39. The van der Waals surface area contributed by atoms with Crippen molar-refractivity contribution < 1.29 is 22.7 Å². The molecule has 2 aromatic carbocycles. The van der Waals surface area contributed by atoms with E-state index in [1.807, 2.05) is 0 Å². The standard InChI is InChI=1S/C19H15F3N4O2/c1-28-16-5-3-2-4-14(16)26-18(27)15-10-24-17(11-23-15)25-13-8-6-12(7-9-13)19(20,21)22/h2-11H,1H3,(H,24,25)(H,26,27). The highest BCUT2D eigenvalue weighted by atomic mass is 19.4. The van der Waals surface area contributed by atoms with Crippen LogP contribution in [0.4, 0.5) is 30.4 Å². The molecule has 0 saturated heterocycles. The van der Waals surface area contributed by atoms with Crippen molar-refractivity contribution in [3.05, 3.63) is 72.2 Å². The molecule has 6 nitrogen and oxygen atoms in total. The van der Waals surface area contributed by atoms with Gasteiger partial charge in [-0.05, 0) is 36.4 Å². The van der Waals surface area contributed by atoms with Crippen molar-refractivity contribution in [2.24, 2.45) is 0 Å². The van der Waals surface area contributed by atoms with Gasteiger partial charge in [0, 0.05) is 5.69 Å². The maximum absolute atomic E-state index is 12.6. The third kappa shape index (κ3) is 4.56. The molecule has 1 aromatic heterocycles. The lowest BCUT2D eigenvalue weighted by Crippen LogP contribution is -2.14. The highest BCUT2D eigenvalue weighted by Gasteiger charge is 2.29. The topological polar surface area (TPSA) is 76.1 Å². The first-order valence-electron chi connectivity index (χ1n) is 8.07. The number of methoxy groups -OCH3 is 1. The van der Waals surface area contributed by atoms with Crippen molar-refractivity contribution >= 4 is 23.1 Å². The number of carbonyl (C=O) groups is 1. The molecule has 144 valence electrons. The maximum atomic E-state index is 12.6. The van der Waals surface area contributed by atoms with E-state index < -0.39 is 17.6 Å². The van der Waals surface area contributed by atoms with Crippen LogP contribution in [0.1, 0.15) is 16.1 Å². The van der Waals surface area contributed by atoms with E-state index in [-0.39, 0.29) is 11.5 Å². The first kappa shape index (κ1) is 19.2. The summed E-state index contributed by atoms with van der Waals surface area (Å²) in [5, 5.41) is 5.50. The van der Waals surface area contributed by atoms with Crippen molar-refractivity contribution in [1.82, 2.24) is 9.97 Å². The van der Waals surface area contributed by atoms with Crippen LogP contribution in [-0.2, 0) is 6.18 Å². The van der Waals surface area contributed by atoms with E-state index in [0.29, 0.717) is 17.1 Å². The summed E-state index contributed by atoms with van der Waals surface area (Å²) in [6, 6.07) is 11.4. The third-order valence-corrected chi connectivity index (χ3v) is 3.72. The molecule has 3 aromatic rings. The molecule has 9 heteroatoms. The molecule has 0 bridgehead atoms. The zero-order valence-corrected chi connectivity index (χ0v) is 14.6. The van der Waals surface area contributed by atoms with Crippen LogP contribution in [0.3, 0.4) is 0 Å². The van der Waals surface area contributed by atoms with Gasteiger partial charge in [-0.2, -0.15) is 13.2 Å². The van der Waals surface area contributed by atoms with Gasteiger partial charge in [-0.15, -0.1) is 0 Å². The van der Waals surface area contributed by atoms with Gasteiger partial charge in [0.15, 0.2) is 0 Å². The molecule has 0 aliphatic carbocycles. The summed E-state index contributed by atoms with van der Waals surface area (Å²) in [6.45, 7) is 0. The predicted molar refractivity (Wildman–Crippen MR) is 97.7 cm³/mol. The number of halogens is 3. The summed E-state index contributed by atoms with van der Waals surface area (Å²) in [6.07, 6.45) is -1.82. The second kappa shape index (κ2) is 7.95. The molecule has 0 atom stereocenters. The normalized spacial score (nSPS) is 11.0. The largest absolute Gasteiger partial charge is 0.495 e. The Labute approximate surface area is 158 Å². The average molecular weight is 388 g/mol. The van der Waals surface area contributed by atoms with E-state index in [9.17, 15) is 18.0 Å². The smallest absolute Gasteiger partial charge is 0.416 e. The number of nitrogens with one attached hydrogen (secondary N) is 2. The van der Waals surface area contributed by atoms with Gasteiger partial charge in [0.1, 0.15) is 17.3 Å². The van der Waals surface area contributed by atoms with Crippen LogP contribution >= 0.6 is 0 Å². The number of amides is 1. The Bertz CT molecular complexity index is 958. The Morgan fingerprint density at radius 1 is 1.00 bits per heavy atom. The molecule has 2 N–H and O–H groups in total. The molecule has 0 spiro atoms. The Morgan fingerprint density at radius 3 is 2.32 bits per heavy atom. The number of ether oxygens (including phenoxy) is 1. The molecule has 0 radical (unpaired) electrons. The summed E-state index contributed by atoms with van der Waals surface area (Å²) in [5.74, 6) is 0.316. The monoisotopic (exact) mass is 388 g/mol. The highest BCUT2D eigenvalue weighted by Crippen LogP contribution is 2.30. The molecule has 3 rings (SSSR count). The van der Waals surface area contributed by atoms with E-state index >= 15 is 0 Å². The number of rotatable bonds is 5. The Morgan fingerprint density at radius 2 is 1.71 bits per heavy atom. The first-order chi connectivity index (χ1) is 13.4. The molecule has 28 heavy (non-hydrogen) atoms. The van der Waals surface area contributed by atoms with Crippen molar-refractivity contribution in [3.8, 4) is 5.75 Å². The number of hydrogen-bond acceptors (Lipinski definition) is 5. The van der Waals surface area contributed by atoms with Crippen molar-refractivity contribution in [2.75, 3.05) is 17.7 Å². The Hall–Kier alpha value is -3.62. The van der Waals surface area contributed by atoms with Crippen LogP contribution in [-0.4, -0.2) is 23.0 Å². The van der Waals surface area contributed by atoms with Gasteiger partial charge in [0.2, 0.25) is 0 Å². The Balaban J connectivity index is 1.67. The van der Waals surface area contributed by atoms with Crippen molar-refractivity contribution in [1.29, 1.82) is 0 Å². The number of anilines is 3. The summed E-state index contributed by atoms with van der Waals surface area (Å²) in [7, 11) is 1.49. The minimum Gasteiger partial charge on any atom is -0.495 e. The van der Waals surface area contributed by atoms with Gasteiger partial charge < -0.3 is 15.4 Å². The van der Waals surface area contributed by atoms with Gasteiger partial charge in [0.25, 0.3) is 5.91 Å². The average Bonchev–Trinajstić information content (AvgIpc) is 2.68. The van der Waals surface area contributed by atoms with Crippen molar-refractivity contribution in [2.45, 2.75) is 6.18 Å². The van der Waals surface area contributed by atoms with E-state index in [2.05, 4.69) is 20.6 Å². The molecule has 0 aliphatic heterocycles. The van der Waals surface area contributed by atoms with Crippen LogP contribution < -0.4 is 15.4 Å². The van der Waals surface area contributed by atoms with Gasteiger partial charge in [0.05, 0.1) is 30.8 Å². The number of nitrogens with zero attached hydrogens (tertiary/aromatic N) is 2. The number of hydrogen-bond donors (Lipinski definition) is 2. The number of aromatic nitrogens is 2. The van der Waals surface area contributed by atoms with Crippen LogP contribution in [0.25, 0.3) is 0 Å². The van der Waals surface area contributed by atoms with E-state index in [0.717, 1.165) is 12.1 Å². The predicted octanol–water partition coefficient (Wildman–Crippen LogP) is 4.50. The number of carbonyl (C=O) groups excluding carboxylic acids is 1. The molecule has 0 unspecified atom stereocenters. The molecular formula is C19H15F3N4O2. The fraction of sp³-hybridized carbons (Fsp3) is 0.105. The quantitative estimate of drug-likeness (QED) is 0.673. The summed E-state index contributed by atoms with van der Waals surface area (Å²) >= 11 is 0. The van der Waals surface area contributed by atoms with E-state index in [1.54, 1.807) is 24.3 Å². The lowest BCUT2D eigenvalue weighted by molar-refractivity contribution is -0.137. The van der Waals surface area contributed by atoms with Crippen LogP contribution in [0.5, 0.6) is 5.75 Å². The second-order valence-electron chi connectivity index (χ2n) is 5.64. The number of benzene rings is 2. The summed E-state index contributed by atoms with van der Waals surface area (Å²) in [5.41, 5.74) is 0.230. The summed E-state index contributed by atoms with van der Waals surface area (Å²) in [4.78, 5) is 20.4. The first-order valence-corrected chi connectivity index (χ1v) is 8.07. The van der Waals surface area contributed by atoms with Gasteiger partial charge >= 0.3 is 6.18 Å². The molecule has 0 aliphatic rings. The molecule has 0 fully saturated rings. The van der Waals surface area contributed by atoms with E-state index in [1.165, 1.54) is 31.6 Å². The van der Waals surface area contributed by atoms with Crippen LogP contribution in [0.2, 0.25) is 0 Å². The zero-order chi connectivity index (χ0) is 20.1. The molecule has 0 saturated carbocycles. The number of alkyl halides is 3. The van der Waals surface area contributed by atoms with Gasteiger partial charge in [-0.3, -0.25) is 4.79 Å². The third-order valence-electron chi connectivity index (χ3n) is 3.72. The molecule has 1 heterocycles. The maximum Gasteiger partial charge on any atom is 0.416 e. The van der Waals surface area contributed by atoms with E-state index in [4.69, 9.17) is 4.74 Å². The molecule has 1 amide bonds. The second-order valence-corrected chi connectivity index (χ2v) is 5.64.